The summed E-state index contributed by atoms with van der Waals surface area (Å²) in [5.74, 6) is 1.72. The second-order valence-corrected chi connectivity index (χ2v) is 10.4. The maximum Gasteiger partial charge on any atom is 0.236 e. The van der Waals surface area contributed by atoms with E-state index in [1.807, 2.05) is 23.0 Å². The zero-order chi connectivity index (χ0) is 23.3. The molecule has 0 radical (unpaired) electrons. The van der Waals surface area contributed by atoms with Crippen LogP contribution in [0, 0.1) is 13.8 Å². The number of anilines is 1. The van der Waals surface area contributed by atoms with Gasteiger partial charge in [0.2, 0.25) is 5.95 Å². The molecule has 7 heteroatoms. The number of methoxy groups -OCH3 is 1. The maximum atomic E-state index is 6.06. The molecule has 1 aliphatic carbocycles. The largest absolute Gasteiger partial charge is 0.378 e. The van der Waals surface area contributed by atoms with Crippen LogP contribution < -0.4 is 4.90 Å². The Kier molecular flexibility index (Phi) is 5.43. The van der Waals surface area contributed by atoms with Gasteiger partial charge in [-0.2, -0.15) is 4.98 Å². The van der Waals surface area contributed by atoms with Gasteiger partial charge in [0.05, 0.1) is 23.4 Å². The number of benzene rings is 1. The molecule has 1 aromatic carbocycles. The number of aryl methyl sites for hydroxylation is 2. The summed E-state index contributed by atoms with van der Waals surface area (Å²) in [6.07, 6.45) is 7.54. The van der Waals surface area contributed by atoms with E-state index in [1.54, 1.807) is 0 Å². The second-order valence-electron chi connectivity index (χ2n) is 9.41. The Labute approximate surface area is 204 Å². The van der Waals surface area contributed by atoms with E-state index >= 15 is 0 Å². The van der Waals surface area contributed by atoms with Crippen LogP contribution in [0.2, 0.25) is 0 Å². The van der Waals surface area contributed by atoms with Gasteiger partial charge in [0.15, 0.2) is 5.82 Å². The molecule has 3 aromatic heterocycles. The van der Waals surface area contributed by atoms with Gasteiger partial charge in [0.1, 0.15) is 5.60 Å². The van der Waals surface area contributed by atoms with E-state index in [0.29, 0.717) is 5.95 Å². The predicted molar refractivity (Wildman–Crippen MR) is 137 cm³/mol. The Morgan fingerprint density at radius 1 is 1.06 bits per heavy atom. The predicted octanol–water partition coefficient (Wildman–Crippen LogP) is 5.63. The smallest absolute Gasteiger partial charge is 0.236 e. The standard InChI is InChI=1S/C27H30N4O2S/c1-18-6-4-7-20(16-18)21-8-11-31(17-21)26-28-22-19(2)24(27(32-3)9-5-10-27)34-23(22)25(29-26)30-12-14-33-15-13-30/h4,6-8,11,16-17H,5,9-10,12-15H2,1-3H3. The molecular weight excluding hydrogens is 444 g/mol. The molecule has 0 atom stereocenters. The van der Waals surface area contributed by atoms with Crippen molar-refractivity contribution in [2.45, 2.75) is 38.7 Å². The first-order valence-corrected chi connectivity index (χ1v) is 12.8. The molecule has 6 nitrogen and oxygen atoms in total. The Morgan fingerprint density at radius 3 is 2.59 bits per heavy atom. The number of fused-ring (bicyclic) bond motifs is 1. The monoisotopic (exact) mass is 474 g/mol. The van der Waals surface area contributed by atoms with Gasteiger partial charge in [-0.25, -0.2) is 4.98 Å². The molecule has 34 heavy (non-hydrogen) atoms. The maximum absolute atomic E-state index is 6.06. The summed E-state index contributed by atoms with van der Waals surface area (Å²) in [4.78, 5) is 13.9. The van der Waals surface area contributed by atoms with Crippen LogP contribution in [0.1, 0.15) is 35.3 Å². The van der Waals surface area contributed by atoms with Crippen LogP contribution in [0.5, 0.6) is 0 Å². The number of nitrogens with zero attached hydrogens (tertiary/aromatic N) is 4. The van der Waals surface area contributed by atoms with Crippen molar-refractivity contribution in [2.75, 3.05) is 38.3 Å². The summed E-state index contributed by atoms with van der Waals surface area (Å²) >= 11 is 1.82. The topological polar surface area (TPSA) is 52.4 Å². The lowest BCUT2D eigenvalue weighted by atomic mass is 9.77. The van der Waals surface area contributed by atoms with Crippen molar-refractivity contribution in [3.63, 3.8) is 0 Å². The molecule has 0 amide bonds. The summed E-state index contributed by atoms with van der Waals surface area (Å²) in [7, 11) is 1.84. The van der Waals surface area contributed by atoms with E-state index in [-0.39, 0.29) is 5.60 Å². The number of hydrogen-bond acceptors (Lipinski definition) is 6. The minimum atomic E-state index is -0.163. The van der Waals surface area contributed by atoms with Gasteiger partial charge in [-0.1, -0.05) is 29.8 Å². The molecule has 0 spiro atoms. The SMILES string of the molecule is COC1(c2sc3c(N4CCOCC4)nc(-n4ccc(-c5cccc(C)c5)c4)nc3c2C)CCC1. The molecule has 4 aromatic rings. The molecule has 2 fully saturated rings. The van der Waals surface area contributed by atoms with Crippen molar-refractivity contribution in [3.8, 4) is 17.1 Å². The Bertz CT molecular complexity index is 1340. The van der Waals surface area contributed by atoms with Crippen molar-refractivity contribution < 1.29 is 9.47 Å². The zero-order valence-corrected chi connectivity index (χ0v) is 20.8. The highest BCUT2D eigenvalue weighted by atomic mass is 32.1. The Hall–Kier alpha value is -2.74. The van der Waals surface area contributed by atoms with Crippen LogP contribution in [0.4, 0.5) is 5.82 Å². The second kappa shape index (κ2) is 8.48. The van der Waals surface area contributed by atoms with Crippen molar-refractivity contribution in [1.29, 1.82) is 0 Å². The third-order valence-corrected chi connectivity index (χ3v) is 8.75. The molecule has 6 rings (SSSR count). The molecular formula is C27H30N4O2S. The number of ether oxygens (including phenoxy) is 2. The van der Waals surface area contributed by atoms with Crippen LogP contribution in [0.3, 0.4) is 0 Å². The normalized spacial score (nSPS) is 17.8. The summed E-state index contributed by atoms with van der Waals surface area (Å²) in [6, 6.07) is 10.7. The van der Waals surface area contributed by atoms with Crippen molar-refractivity contribution in [3.05, 3.63) is 58.7 Å². The average Bonchev–Trinajstić information content (AvgIpc) is 3.45. The fourth-order valence-corrected chi connectivity index (χ4v) is 6.63. The molecule has 1 aliphatic heterocycles. The van der Waals surface area contributed by atoms with Gasteiger partial charge in [-0.3, -0.25) is 4.57 Å². The van der Waals surface area contributed by atoms with E-state index in [1.165, 1.54) is 28.0 Å². The van der Waals surface area contributed by atoms with Gasteiger partial charge in [0, 0.05) is 37.5 Å². The van der Waals surface area contributed by atoms with E-state index in [9.17, 15) is 0 Å². The molecule has 176 valence electrons. The van der Waals surface area contributed by atoms with Crippen LogP contribution in [-0.4, -0.2) is 47.9 Å². The lowest BCUT2D eigenvalue weighted by Crippen LogP contribution is -2.37. The number of rotatable bonds is 5. The number of morpholine rings is 1. The highest BCUT2D eigenvalue weighted by molar-refractivity contribution is 7.20. The quantitative estimate of drug-likeness (QED) is 0.375. The summed E-state index contributed by atoms with van der Waals surface area (Å²) in [6.45, 7) is 7.45. The average molecular weight is 475 g/mol. The van der Waals surface area contributed by atoms with Crippen molar-refractivity contribution in [1.82, 2.24) is 14.5 Å². The van der Waals surface area contributed by atoms with Crippen LogP contribution in [-0.2, 0) is 15.1 Å². The van der Waals surface area contributed by atoms with Crippen molar-refractivity contribution >= 4 is 27.4 Å². The van der Waals surface area contributed by atoms with Crippen molar-refractivity contribution in [2.24, 2.45) is 0 Å². The number of hydrogen-bond donors (Lipinski definition) is 0. The molecule has 2 aliphatic rings. The summed E-state index contributed by atoms with van der Waals surface area (Å²) < 4.78 is 14.9. The third kappa shape index (κ3) is 3.54. The molecule has 4 heterocycles. The lowest BCUT2D eigenvalue weighted by Gasteiger charge is -2.40. The first-order valence-electron chi connectivity index (χ1n) is 12.0. The highest BCUT2D eigenvalue weighted by Crippen LogP contribution is 2.51. The van der Waals surface area contributed by atoms with E-state index in [4.69, 9.17) is 19.4 Å². The fourth-order valence-electron chi connectivity index (χ4n) is 5.14. The number of aromatic nitrogens is 3. The first-order chi connectivity index (χ1) is 16.6. The molecule has 1 saturated carbocycles. The minimum absolute atomic E-state index is 0.163. The summed E-state index contributed by atoms with van der Waals surface area (Å²) in [5.41, 5.74) is 5.72. The molecule has 1 saturated heterocycles. The van der Waals surface area contributed by atoms with E-state index < -0.39 is 0 Å². The summed E-state index contributed by atoms with van der Waals surface area (Å²) in [5, 5.41) is 0. The third-order valence-electron chi connectivity index (χ3n) is 7.29. The van der Waals surface area contributed by atoms with E-state index in [2.05, 4.69) is 61.5 Å². The zero-order valence-electron chi connectivity index (χ0n) is 20.0. The Balaban J connectivity index is 1.49. The molecule has 0 N–H and O–H groups in total. The van der Waals surface area contributed by atoms with Crippen LogP contribution in [0.25, 0.3) is 27.3 Å². The molecule has 0 unspecified atom stereocenters. The Morgan fingerprint density at radius 2 is 1.88 bits per heavy atom. The lowest BCUT2D eigenvalue weighted by molar-refractivity contribution is -0.0752. The minimum Gasteiger partial charge on any atom is -0.378 e. The van der Waals surface area contributed by atoms with Gasteiger partial charge in [-0.15, -0.1) is 11.3 Å². The highest BCUT2D eigenvalue weighted by Gasteiger charge is 2.42. The first kappa shape index (κ1) is 21.8. The van der Waals surface area contributed by atoms with Crippen LogP contribution in [0.15, 0.2) is 42.7 Å². The van der Waals surface area contributed by atoms with Gasteiger partial charge < -0.3 is 14.4 Å². The van der Waals surface area contributed by atoms with Gasteiger partial charge in [0.25, 0.3) is 0 Å². The number of thiophene rings is 1. The van der Waals surface area contributed by atoms with Gasteiger partial charge >= 0.3 is 0 Å². The van der Waals surface area contributed by atoms with Gasteiger partial charge in [-0.05, 0) is 55.9 Å². The fraction of sp³-hybridized carbons (Fsp3) is 0.407. The molecule has 0 bridgehead atoms. The van der Waals surface area contributed by atoms with E-state index in [0.717, 1.165) is 60.7 Å². The van der Waals surface area contributed by atoms with Crippen LogP contribution >= 0.6 is 11.3 Å².